The summed E-state index contributed by atoms with van der Waals surface area (Å²) in [4.78, 5) is 14.5. The molecule has 5 nitrogen and oxygen atoms in total. The van der Waals surface area contributed by atoms with Crippen LogP contribution in [0.15, 0.2) is 10.4 Å². The standard InChI is InChI=1S/C18H33N5S/c1-6-19-18(20-11-16-13-24-17(21-16)15(4)5)23-9-7-22(8-10-23)12-14(2)3/h13-15H,6-12H2,1-5H3,(H,19,20). The predicted molar refractivity (Wildman–Crippen MR) is 104 cm³/mol. The lowest BCUT2D eigenvalue weighted by Crippen LogP contribution is -2.53. The van der Waals surface area contributed by atoms with Crippen LogP contribution in [0.4, 0.5) is 0 Å². The van der Waals surface area contributed by atoms with Crippen molar-refractivity contribution < 1.29 is 0 Å². The molecule has 0 saturated carbocycles. The van der Waals surface area contributed by atoms with Gasteiger partial charge in [0.1, 0.15) is 0 Å². The topological polar surface area (TPSA) is 43.8 Å². The van der Waals surface area contributed by atoms with Crippen LogP contribution in [0.5, 0.6) is 0 Å². The van der Waals surface area contributed by atoms with Gasteiger partial charge in [-0.1, -0.05) is 27.7 Å². The minimum Gasteiger partial charge on any atom is -0.357 e. The first-order valence-electron chi connectivity index (χ1n) is 9.19. The summed E-state index contributed by atoms with van der Waals surface area (Å²) < 4.78 is 0. The van der Waals surface area contributed by atoms with Gasteiger partial charge in [-0.25, -0.2) is 9.98 Å². The third-order valence-electron chi connectivity index (χ3n) is 4.08. The zero-order valence-corrected chi connectivity index (χ0v) is 16.7. The summed E-state index contributed by atoms with van der Waals surface area (Å²) in [5, 5.41) is 6.78. The van der Waals surface area contributed by atoms with Crippen molar-refractivity contribution in [2.45, 2.75) is 47.1 Å². The first-order valence-corrected chi connectivity index (χ1v) is 10.1. The van der Waals surface area contributed by atoms with Gasteiger partial charge in [0.05, 0.1) is 17.2 Å². The highest BCUT2D eigenvalue weighted by atomic mass is 32.1. The summed E-state index contributed by atoms with van der Waals surface area (Å²) >= 11 is 1.74. The SMILES string of the molecule is CCNC(=NCc1csc(C(C)C)n1)N1CCN(CC(C)C)CC1. The first-order chi connectivity index (χ1) is 11.5. The van der Waals surface area contributed by atoms with E-state index in [9.17, 15) is 0 Å². The Labute approximate surface area is 151 Å². The van der Waals surface area contributed by atoms with Gasteiger partial charge in [-0.3, -0.25) is 4.90 Å². The Hall–Kier alpha value is -1.14. The third-order valence-corrected chi connectivity index (χ3v) is 5.28. The fourth-order valence-electron chi connectivity index (χ4n) is 2.90. The maximum atomic E-state index is 4.82. The molecule has 2 rings (SSSR count). The van der Waals surface area contributed by atoms with Crippen LogP contribution in [0.2, 0.25) is 0 Å². The van der Waals surface area contributed by atoms with Crippen molar-refractivity contribution >= 4 is 17.3 Å². The maximum absolute atomic E-state index is 4.82. The second-order valence-electron chi connectivity index (χ2n) is 7.18. The minimum absolute atomic E-state index is 0.495. The molecule has 0 unspecified atom stereocenters. The quantitative estimate of drug-likeness (QED) is 0.632. The van der Waals surface area contributed by atoms with E-state index in [-0.39, 0.29) is 0 Å². The molecule has 136 valence electrons. The number of guanidine groups is 1. The van der Waals surface area contributed by atoms with E-state index in [0.29, 0.717) is 12.5 Å². The summed E-state index contributed by atoms with van der Waals surface area (Å²) in [7, 11) is 0. The molecule has 0 atom stereocenters. The highest BCUT2D eigenvalue weighted by Crippen LogP contribution is 2.19. The van der Waals surface area contributed by atoms with E-state index < -0.39 is 0 Å². The van der Waals surface area contributed by atoms with Crippen molar-refractivity contribution in [1.29, 1.82) is 0 Å². The molecule has 0 aliphatic carbocycles. The van der Waals surface area contributed by atoms with Crippen molar-refractivity contribution in [3.05, 3.63) is 16.1 Å². The van der Waals surface area contributed by atoms with Crippen LogP contribution in [-0.4, -0.2) is 60.0 Å². The fraction of sp³-hybridized carbons (Fsp3) is 0.778. The number of rotatable bonds is 6. The Kier molecular flexibility index (Phi) is 7.49. The van der Waals surface area contributed by atoms with Crippen LogP contribution in [0.25, 0.3) is 0 Å². The molecule has 6 heteroatoms. The molecule has 1 aliphatic rings. The van der Waals surface area contributed by atoms with Crippen LogP contribution in [0.1, 0.15) is 51.2 Å². The number of piperazine rings is 1. The summed E-state index contributed by atoms with van der Waals surface area (Å²) in [5.74, 6) is 2.26. The summed E-state index contributed by atoms with van der Waals surface area (Å²) in [6, 6.07) is 0. The summed E-state index contributed by atoms with van der Waals surface area (Å²) in [6.07, 6.45) is 0. The number of aromatic nitrogens is 1. The Morgan fingerprint density at radius 1 is 1.25 bits per heavy atom. The van der Waals surface area contributed by atoms with Crippen molar-refractivity contribution in [2.24, 2.45) is 10.9 Å². The number of hydrogen-bond donors (Lipinski definition) is 1. The molecule has 0 bridgehead atoms. The van der Waals surface area contributed by atoms with Gasteiger partial charge >= 0.3 is 0 Å². The highest BCUT2D eigenvalue weighted by Gasteiger charge is 2.20. The largest absolute Gasteiger partial charge is 0.357 e. The lowest BCUT2D eigenvalue weighted by molar-refractivity contribution is 0.164. The van der Waals surface area contributed by atoms with Gasteiger partial charge in [0.2, 0.25) is 0 Å². The number of hydrogen-bond acceptors (Lipinski definition) is 4. The van der Waals surface area contributed by atoms with Crippen LogP contribution >= 0.6 is 11.3 Å². The molecule has 1 aromatic heterocycles. The van der Waals surface area contributed by atoms with E-state index in [1.165, 1.54) is 11.6 Å². The van der Waals surface area contributed by atoms with Gasteiger partial charge in [-0.05, 0) is 12.8 Å². The molecular formula is C18H33N5S. The second-order valence-corrected chi connectivity index (χ2v) is 8.07. The van der Waals surface area contributed by atoms with Crippen molar-refractivity contribution in [3.8, 4) is 0 Å². The molecule has 1 fully saturated rings. The molecule has 1 aromatic rings. The minimum atomic E-state index is 0.495. The van der Waals surface area contributed by atoms with Gasteiger partial charge in [-0.2, -0.15) is 0 Å². The van der Waals surface area contributed by atoms with Gasteiger partial charge < -0.3 is 10.2 Å². The van der Waals surface area contributed by atoms with Crippen LogP contribution in [0, 0.1) is 5.92 Å². The van der Waals surface area contributed by atoms with Gasteiger partial charge in [0.15, 0.2) is 5.96 Å². The molecule has 1 aliphatic heterocycles. The molecule has 2 heterocycles. The second kappa shape index (κ2) is 9.37. The fourth-order valence-corrected chi connectivity index (χ4v) is 3.73. The maximum Gasteiger partial charge on any atom is 0.194 e. The third kappa shape index (κ3) is 5.74. The van der Waals surface area contributed by atoms with E-state index in [1.807, 2.05) is 0 Å². The van der Waals surface area contributed by atoms with E-state index in [2.05, 4.69) is 60.1 Å². The van der Waals surface area contributed by atoms with E-state index in [1.54, 1.807) is 11.3 Å². The Balaban J connectivity index is 1.93. The van der Waals surface area contributed by atoms with Gasteiger partial charge in [0, 0.05) is 50.6 Å². The predicted octanol–water partition coefficient (Wildman–Crippen LogP) is 3.01. The lowest BCUT2D eigenvalue weighted by Gasteiger charge is -2.37. The molecule has 0 amide bonds. The van der Waals surface area contributed by atoms with E-state index in [4.69, 9.17) is 4.99 Å². The molecule has 24 heavy (non-hydrogen) atoms. The van der Waals surface area contributed by atoms with Crippen molar-refractivity contribution in [2.75, 3.05) is 39.3 Å². The first kappa shape index (κ1) is 19.2. The molecule has 0 aromatic carbocycles. The highest BCUT2D eigenvalue weighted by molar-refractivity contribution is 7.09. The Morgan fingerprint density at radius 3 is 2.50 bits per heavy atom. The van der Waals surface area contributed by atoms with Gasteiger partial charge in [0.25, 0.3) is 0 Å². The molecular weight excluding hydrogens is 318 g/mol. The summed E-state index contributed by atoms with van der Waals surface area (Å²) in [5.41, 5.74) is 1.08. The zero-order chi connectivity index (χ0) is 17.5. The summed E-state index contributed by atoms with van der Waals surface area (Å²) in [6.45, 7) is 18.2. The van der Waals surface area contributed by atoms with Crippen molar-refractivity contribution in [1.82, 2.24) is 20.1 Å². The Bertz CT molecular complexity index is 515. The molecule has 1 N–H and O–H groups in total. The number of nitrogens with one attached hydrogen (secondary N) is 1. The average Bonchev–Trinajstić information content (AvgIpc) is 3.01. The number of aliphatic imine (C=N–C) groups is 1. The normalized spacial score (nSPS) is 17.1. The number of nitrogens with zero attached hydrogens (tertiary/aromatic N) is 4. The average molecular weight is 352 g/mol. The molecule has 0 radical (unpaired) electrons. The van der Waals surface area contributed by atoms with Crippen LogP contribution < -0.4 is 5.32 Å². The van der Waals surface area contributed by atoms with Crippen LogP contribution in [-0.2, 0) is 6.54 Å². The van der Waals surface area contributed by atoms with Crippen LogP contribution in [0.3, 0.4) is 0 Å². The van der Waals surface area contributed by atoms with E-state index >= 15 is 0 Å². The van der Waals surface area contributed by atoms with E-state index in [0.717, 1.165) is 50.3 Å². The van der Waals surface area contributed by atoms with Crippen molar-refractivity contribution in [3.63, 3.8) is 0 Å². The molecule has 1 saturated heterocycles. The van der Waals surface area contributed by atoms with Gasteiger partial charge in [-0.15, -0.1) is 11.3 Å². The number of thiazole rings is 1. The Morgan fingerprint density at radius 2 is 1.96 bits per heavy atom. The zero-order valence-electron chi connectivity index (χ0n) is 15.9. The smallest absolute Gasteiger partial charge is 0.194 e. The lowest BCUT2D eigenvalue weighted by atomic mass is 10.2. The molecule has 0 spiro atoms. The monoisotopic (exact) mass is 351 g/mol.